The maximum atomic E-state index is 13.2. The monoisotopic (exact) mass is 331 g/mol. The Kier molecular flexibility index (Phi) is 3.48. The number of fused-ring (bicyclic) bond motifs is 5. The molecule has 4 unspecified atom stereocenters. The Morgan fingerprint density at radius 3 is 2.16 bits per heavy atom. The summed E-state index contributed by atoms with van der Waals surface area (Å²) in [5, 5.41) is 3.39. The van der Waals surface area contributed by atoms with E-state index in [9.17, 15) is 4.79 Å². The van der Waals surface area contributed by atoms with E-state index in [2.05, 4.69) is 48.6 Å². The Balaban J connectivity index is 1.42. The van der Waals surface area contributed by atoms with Gasteiger partial charge in [0, 0.05) is 6.04 Å². The number of carbonyl (C=O) groups is 1. The molecule has 0 heterocycles. The first kappa shape index (κ1) is 15.2. The summed E-state index contributed by atoms with van der Waals surface area (Å²) in [5.41, 5.74) is 4.74. The number of benzene rings is 2. The molecule has 2 aromatic rings. The maximum Gasteiger partial charge on any atom is 0.232 e. The summed E-state index contributed by atoms with van der Waals surface area (Å²) in [7, 11) is 0. The van der Waals surface area contributed by atoms with Gasteiger partial charge < -0.3 is 5.32 Å². The van der Waals surface area contributed by atoms with Crippen molar-refractivity contribution < 1.29 is 4.79 Å². The smallest absolute Gasteiger partial charge is 0.232 e. The molecule has 0 aromatic heterocycles. The zero-order chi connectivity index (χ0) is 17.0. The van der Waals surface area contributed by atoms with Crippen LogP contribution in [0.4, 0.5) is 0 Å². The Labute approximate surface area is 149 Å². The van der Waals surface area contributed by atoms with Gasteiger partial charge in [0.05, 0.1) is 5.92 Å². The lowest BCUT2D eigenvalue weighted by Gasteiger charge is -2.29. The standard InChI is InChI=1S/C23H25NO/c1-14(21-13-15-10-11-16(21)12-15)24-23(25)22-19-8-4-2-6-17(19)18-7-3-5-9-20(18)22/h2-9,14-16,21-22H,10-13H2,1H3,(H,24,25). The van der Waals surface area contributed by atoms with E-state index < -0.39 is 0 Å². The predicted molar refractivity (Wildman–Crippen MR) is 100 cm³/mol. The van der Waals surface area contributed by atoms with E-state index in [1.54, 1.807) is 0 Å². The molecule has 25 heavy (non-hydrogen) atoms. The summed E-state index contributed by atoms with van der Waals surface area (Å²) in [6.07, 6.45) is 5.47. The van der Waals surface area contributed by atoms with E-state index in [4.69, 9.17) is 0 Å². The summed E-state index contributed by atoms with van der Waals surface area (Å²) >= 11 is 0. The molecule has 2 saturated carbocycles. The molecule has 2 nitrogen and oxygen atoms in total. The van der Waals surface area contributed by atoms with Gasteiger partial charge in [0.2, 0.25) is 5.91 Å². The van der Waals surface area contributed by atoms with Gasteiger partial charge in [-0.3, -0.25) is 4.79 Å². The van der Waals surface area contributed by atoms with Crippen LogP contribution in [0.5, 0.6) is 0 Å². The number of hydrogen-bond donors (Lipinski definition) is 1. The van der Waals surface area contributed by atoms with Crippen molar-refractivity contribution in [2.24, 2.45) is 17.8 Å². The largest absolute Gasteiger partial charge is 0.353 e. The van der Waals surface area contributed by atoms with Crippen LogP contribution >= 0.6 is 0 Å². The van der Waals surface area contributed by atoms with Gasteiger partial charge in [-0.25, -0.2) is 0 Å². The molecule has 5 rings (SSSR count). The first-order valence-electron chi connectivity index (χ1n) is 9.71. The normalized spacial score (nSPS) is 27.8. The molecule has 128 valence electrons. The molecule has 0 radical (unpaired) electrons. The van der Waals surface area contributed by atoms with Gasteiger partial charge in [0.15, 0.2) is 0 Å². The molecule has 0 spiro atoms. The van der Waals surface area contributed by atoms with E-state index >= 15 is 0 Å². The molecule has 4 atom stereocenters. The molecule has 3 aliphatic rings. The molecule has 0 aliphatic heterocycles. The van der Waals surface area contributed by atoms with Gasteiger partial charge in [0.25, 0.3) is 0 Å². The molecule has 0 saturated heterocycles. The van der Waals surface area contributed by atoms with Crippen molar-refractivity contribution in [1.29, 1.82) is 0 Å². The van der Waals surface area contributed by atoms with E-state index in [0.717, 1.165) is 23.0 Å². The third-order valence-corrected chi connectivity index (χ3v) is 6.90. The van der Waals surface area contributed by atoms with Crippen LogP contribution in [0.1, 0.15) is 49.7 Å². The quantitative estimate of drug-likeness (QED) is 0.865. The maximum absolute atomic E-state index is 13.2. The van der Waals surface area contributed by atoms with Gasteiger partial charge in [-0.05, 0) is 66.2 Å². The van der Waals surface area contributed by atoms with Gasteiger partial charge >= 0.3 is 0 Å². The molecule has 3 aliphatic carbocycles. The summed E-state index contributed by atoms with van der Waals surface area (Å²) in [5.74, 6) is 2.45. The fourth-order valence-electron chi connectivity index (χ4n) is 5.76. The van der Waals surface area contributed by atoms with Crippen molar-refractivity contribution in [1.82, 2.24) is 5.32 Å². The highest BCUT2D eigenvalue weighted by Gasteiger charge is 2.43. The molecule has 2 aromatic carbocycles. The minimum absolute atomic E-state index is 0.159. The zero-order valence-corrected chi connectivity index (χ0v) is 14.7. The molecule has 2 heteroatoms. The topological polar surface area (TPSA) is 29.1 Å². The molecule has 1 amide bonds. The van der Waals surface area contributed by atoms with Crippen molar-refractivity contribution in [3.8, 4) is 11.1 Å². The third kappa shape index (κ3) is 2.34. The van der Waals surface area contributed by atoms with Gasteiger partial charge in [-0.15, -0.1) is 0 Å². The fourth-order valence-corrected chi connectivity index (χ4v) is 5.76. The molecule has 2 bridgehead atoms. The summed E-state index contributed by atoms with van der Waals surface area (Å²) in [6.45, 7) is 2.22. The lowest BCUT2D eigenvalue weighted by Crippen LogP contribution is -2.42. The highest BCUT2D eigenvalue weighted by Crippen LogP contribution is 2.50. The summed E-state index contributed by atoms with van der Waals surface area (Å²) in [6, 6.07) is 17.0. The number of nitrogens with one attached hydrogen (secondary N) is 1. The van der Waals surface area contributed by atoms with E-state index in [1.165, 1.54) is 36.8 Å². The Hall–Kier alpha value is -2.09. The van der Waals surface area contributed by atoms with Crippen LogP contribution in [0.15, 0.2) is 48.5 Å². The van der Waals surface area contributed by atoms with E-state index in [-0.39, 0.29) is 17.9 Å². The van der Waals surface area contributed by atoms with Crippen LogP contribution in [0.3, 0.4) is 0 Å². The SMILES string of the molecule is CC(NC(=O)C1c2ccccc2-c2ccccc21)C1CC2CCC1C2. The second-order valence-corrected chi connectivity index (χ2v) is 8.24. The van der Waals surface area contributed by atoms with Crippen LogP contribution in [0.2, 0.25) is 0 Å². The number of rotatable bonds is 3. The Bertz CT molecular complexity index is 781. The van der Waals surface area contributed by atoms with Crippen LogP contribution in [-0.2, 0) is 4.79 Å². The van der Waals surface area contributed by atoms with Gasteiger partial charge in [-0.2, -0.15) is 0 Å². The molecular formula is C23H25NO. The number of hydrogen-bond acceptors (Lipinski definition) is 1. The first-order chi connectivity index (χ1) is 12.2. The average Bonchev–Trinajstić information content (AvgIpc) is 3.34. The van der Waals surface area contributed by atoms with Crippen LogP contribution in [0, 0.1) is 17.8 Å². The number of carbonyl (C=O) groups excluding carboxylic acids is 1. The first-order valence-corrected chi connectivity index (χ1v) is 9.71. The molecule has 1 N–H and O–H groups in total. The van der Waals surface area contributed by atoms with Crippen LogP contribution in [-0.4, -0.2) is 11.9 Å². The summed E-state index contributed by atoms with van der Waals surface area (Å²) < 4.78 is 0. The lowest BCUT2D eigenvalue weighted by atomic mass is 9.83. The second-order valence-electron chi connectivity index (χ2n) is 8.24. The van der Waals surface area contributed by atoms with Crippen LogP contribution in [0.25, 0.3) is 11.1 Å². The Morgan fingerprint density at radius 1 is 0.960 bits per heavy atom. The van der Waals surface area contributed by atoms with Crippen molar-refractivity contribution in [3.05, 3.63) is 59.7 Å². The fraction of sp³-hybridized carbons (Fsp3) is 0.435. The highest BCUT2D eigenvalue weighted by molar-refractivity contribution is 5.96. The predicted octanol–water partition coefficient (Wildman–Crippen LogP) is 4.74. The van der Waals surface area contributed by atoms with Crippen molar-refractivity contribution in [2.75, 3.05) is 0 Å². The third-order valence-electron chi connectivity index (χ3n) is 6.90. The van der Waals surface area contributed by atoms with E-state index in [1.807, 2.05) is 12.1 Å². The zero-order valence-electron chi connectivity index (χ0n) is 14.7. The van der Waals surface area contributed by atoms with Crippen molar-refractivity contribution in [3.63, 3.8) is 0 Å². The average molecular weight is 331 g/mol. The van der Waals surface area contributed by atoms with Crippen LogP contribution < -0.4 is 5.32 Å². The van der Waals surface area contributed by atoms with Crippen molar-refractivity contribution in [2.45, 2.75) is 44.6 Å². The number of amides is 1. The molecule has 2 fully saturated rings. The van der Waals surface area contributed by atoms with Gasteiger partial charge in [-0.1, -0.05) is 55.0 Å². The second kappa shape index (κ2) is 5.72. The van der Waals surface area contributed by atoms with Crippen molar-refractivity contribution >= 4 is 5.91 Å². The van der Waals surface area contributed by atoms with E-state index in [0.29, 0.717) is 5.92 Å². The Morgan fingerprint density at radius 2 is 1.60 bits per heavy atom. The molecular weight excluding hydrogens is 306 g/mol. The minimum Gasteiger partial charge on any atom is -0.353 e. The minimum atomic E-state index is -0.159. The van der Waals surface area contributed by atoms with Gasteiger partial charge in [0.1, 0.15) is 0 Å². The lowest BCUT2D eigenvalue weighted by molar-refractivity contribution is -0.122. The highest BCUT2D eigenvalue weighted by atomic mass is 16.2. The summed E-state index contributed by atoms with van der Waals surface area (Å²) in [4.78, 5) is 13.2.